The number of halogens is 4. The molecule has 0 N–H and O–H groups in total. The van der Waals surface area contributed by atoms with E-state index >= 15 is 0 Å². The smallest absolute Gasteiger partial charge is 0.416 e. The van der Waals surface area contributed by atoms with Crippen molar-refractivity contribution in [3.8, 4) is 5.75 Å². The summed E-state index contributed by atoms with van der Waals surface area (Å²) in [5, 5.41) is 0.533. The van der Waals surface area contributed by atoms with Crippen LogP contribution in [0.1, 0.15) is 38.8 Å². The van der Waals surface area contributed by atoms with Gasteiger partial charge in [0.2, 0.25) is 0 Å². The molecule has 0 saturated carbocycles. The number of amides is 1. The highest BCUT2D eigenvalue weighted by Crippen LogP contribution is 2.35. The number of alkyl halides is 3. The largest absolute Gasteiger partial charge is 0.497 e. The van der Waals surface area contributed by atoms with Crippen LogP contribution in [0.25, 0.3) is 6.08 Å². The van der Waals surface area contributed by atoms with Crippen LogP contribution in [0.4, 0.5) is 18.9 Å². The van der Waals surface area contributed by atoms with Gasteiger partial charge in [0.05, 0.1) is 23.3 Å². The Labute approximate surface area is 220 Å². The Morgan fingerprint density at radius 3 is 2.11 bits per heavy atom. The highest BCUT2D eigenvalue weighted by molar-refractivity contribution is 8.18. The molecule has 0 radical (unpaired) electrons. The van der Waals surface area contributed by atoms with Gasteiger partial charge in [-0.3, -0.25) is 14.6 Å². The summed E-state index contributed by atoms with van der Waals surface area (Å²) in [5.41, 5.74) is 0.466. The minimum atomic E-state index is -4.41. The summed E-state index contributed by atoms with van der Waals surface area (Å²) in [6, 6.07) is 12.6. The third-order valence-corrected chi connectivity index (χ3v) is 6.64. The molecular weight excluding hydrogens is 511 g/mol. The Morgan fingerprint density at radius 1 is 1.03 bits per heavy atom. The Balaban J connectivity index is 0.00000456. The molecule has 1 fully saturated rings. The SMILES string of the molecule is COc1ccc(N=C2S/C(=C/c3ccc(C(F)(F)F)cc3)C(=O)N2CCN(C(C)C)C(C)C)cc1.Cl. The molecule has 0 aliphatic carbocycles. The monoisotopic (exact) mass is 541 g/mol. The van der Waals surface area contributed by atoms with E-state index in [9.17, 15) is 18.0 Å². The van der Waals surface area contributed by atoms with Crippen molar-refractivity contribution in [1.82, 2.24) is 9.80 Å². The zero-order valence-corrected chi connectivity index (χ0v) is 22.5. The van der Waals surface area contributed by atoms with Crippen molar-refractivity contribution in [3.63, 3.8) is 0 Å². The van der Waals surface area contributed by atoms with E-state index in [-0.39, 0.29) is 18.3 Å². The van der Waals surface area contributed by atoms with Crippen LogP contribution in [0.15, 0.2) is 58.4 Å². The van der Waals surface area contributed by atoms with Crippen molar-refractivity contribution >= 4 is 47.0 Å². The quantitative estimate of drug-likeness (QED) is 0.342. The Morgan fingerprint density at radius 2 is 1.61 bits per heavy atom. The normalized spacial score (nSPS) is 16.5. The summed E-state index contributed by atoms with van der Waals surface area (Å²) in [7, 11) is 1.58. The fraction of sp³-hybridized carbons (Fsp3) is 0.385. The van der Waals surface area contributed by atoms with Gasteiger partial charge in [-0.1, -0.05) is 12.1 Å². The molecule has 1 heterocycles. The molecule has 36 heavy (non-hydrogen) atoms. The van der Waals surface area contributed by atoms with Crippen LogP contribution in [-0.2, 0) is 11.0 Å². The van der Waals surface area contributed by atoms with Crippen molar-refractivity contribution < 1.29 is 22.7 Å². The summed E-state index contributed by atoms with van der Waals surface area (Å²) in [5.74, 6) is 0.489. The number of thioether (sulfide) groups is 1. The lowest BCUT2D eigenvalue weighted by Crippen LogP contribution is -2.43. The van der Waals surface area contributed by atoms with E-state index in [2.05, 4.69) is 32.6 Å². The molecule has 0 unspecified atom stereocenters. The number of carbonyl (C=O) groups excluding carboxylic acids is 1. The summed E-state index contributed by atoms with van der Waals surface area (Å²) in [6.07, 6.45) is -2.79. The maximum atomic E-state index is 13.3. The third-order valence-electron chi connectivity index (χ3n) is 5.63. The van der Waals surface area contributed by atoms with Crippen LogP contribution in [-0.4, -0.2) is 53.2 Å². The van der Waals surface area contributed by atoms with Gasteiger partial charge in [-0.25, -0.2) is 4.99 Å². The molecule has 1 aliphatic heterocycles. The number of amidine groups is 1. The average Bonchev–Trinajstić information content (AvgIpc) is 3.08. The van der Waals surface area contributed by atoms with E-state index in [0.29, 0.717) is 52.2 Å². The number of hydrogen-bond acceptors (Lipinski definition) is 5. The van der Waals surface area contributed by atoms with Crippen molar-refractivity contribution in [2.45, 2.75) is 46.0 Å². The van der Waals surface area contributed by atoms with Gasteiger partial charge in [0.1, 0.15) is 5.75 Å². The second-order valence-corrected chi connectivity index (χ2v) is 9.71. The van der Waals surface area contributed by atoms with Gasteiger partial charge in [-0.05, 0) is 87.5 Å². The number of carbonyl (C=O) groups is 1. The summed E-state index contributed by atoms with van der Waals surface area (Å²) < 4.78 is 43.9. The molecule has 3 rings (SSSR count). The molecule has 196 valence electrons. The third kappa shape index (κ3) is 7.51. The minimum absolute atomic E-state index is 0. The van der Waals surface area contributed by atoms with Crippen molar-refractivity contribution in [1.29, 1.82) is 0 Å². The average molecular weight is 542 g/mol. The van der Waals surface area contributed by atoms with Crippen LogP contribution in [0.2, 0.25) is 0 Å². The standard InChI is InChI=1S/C26H30F3N3O2S.ClH/c1-17(2)31(18(3)4)14-15-32-24(33)23(16-19-6-8-20(9-7-19)26(27,28)29)35-25(32)30-21-10-12-22(34-5)13-11-21;/h6-13,16-18H,14-15H2,1-5H3;1H/b23-16+,30-25?;. The van der Waals surface area contributed by atoms with E-state index in [1.165, 1.54) is 23.9 Å². The van der Waals surface area contributed by atoms with E-state index in [0.717, 1.165) is 12.1 Å². The van der Waals surface area contributed by atoms with Crippen molar-refractivity contribution in [3.05, 3.63) is 64.6 Å². The van der Waals surface area contributed by atoms with Gasteiger partial charge < -0.3 is 4.74 Å². The molecular formula is C26H31ClF3N3O2S. The second-order valence-electron chi connectivity index (χ2n) is 8.70. The lowest BCUT2D eigenvalue weighted by atomic mass is 10.1. The zero-order valence-electron chi connectivity index (χ0n) is 20.9. The number of nitrogens with zero attached hydrogens (tertiary/aromatic N) is 3. The fourth-order valence-electron chi connectivity index (χ4n) is 3.80. The molecule has 0 spiro atoms. The van der Waals surface area contributed by atoms with Gasteiger partial charge in [-0.15, -0.1) is 12.4 Å². The lowest BCUT2D eigenvalue weighted by Gasteiger charge is -2.31. The predicted octanol–water partition coefficient (Wildman–Crippen LogP) is 6.86. The van der Waals surface area contributed by atoms with E-state index in [1.54, 1.807) is 42.4 Å². The summed E-state index contributed by atoms with van der Waals surface area (Å²) in [6.45, 7) is 9.57. The zero-order chi connectivity index (χ0) is 25.8. The number of hydrogen-bond donors (Lipinski definition) is 0. The molecule has 1 aliphatic rings. The molecule has 0 atom stereocenters. The predicted molar refractivity (Wildman–Crippen MR) is 143 cm³/mol. The van der Waals surface area contributed by atoms with E-state index in [4.69, 9.17) is 9.73 Å². The van der Waals surface area contributed by atoms with Gasteiger partial charge in [0.25, 0.3) is 5.91 Å². The molecule has 10 heteroatoms. The van der Waals surface area contributed by atoms with E-state index in [1.807, 2.05) is 0 Å². The minimum Gasteiger partial charge on any atom is -0.497 e. The number of methoxy groups -OCH3 is 1. The van der Waals surface area contributed by atoms with Gasteiger partial charge in [0.15, 0.2) is 5.17 Å². The highest BCUT2D eigenvalue weighted by Gasteiger charge is 2.34. The lowest BCUT2D eigenvalue weighted by molar-refractivity contribution is -0.137. The second kappa shape index (κ2) is 12.7. The maximum Gasteiger partial charge on any atom is 0.416 e. The molecule has 1 amide bonds. The summed E-state index contributed by atoms with van der Waals surface area (Å²) >= 11 is 1.22. The maximum absolute atomic E-state index is 13.3. The first kappa shape index (κ1) is 29.7. The van der Waals surface area contributed by atoms with Crippen LogP contribution >= 0.6 is 24.2 Å². The number of benzene rings is 2. The molecule has 2 aromatic rings. The van der Waals surface area contributed by atoms with Gasteiger partial charge in [-0.2, -0.15) is 13.2 Å². The topological polar surface area (TPSA) is 45.1 Å². The van der Waals surface area contributed by atoms with E-state index < -0.39 is 11.7 Å². The molecule has 1 saturated heterocycles. The Hall–Kier alpha value is -2.49. The van der Waals surface area contributed by atoms with Crippen LogP contribution < -0.4 is 4.74 Å². The molecule has 0 aromatic heterocycles. The first-order valence-corrected chi connectivity index (χ1v) is 12.2. The highest BCUT2D eigenvalue weighted by atomic mass is 35.5. The fourth-order valence-corrected chi connectivity index (χ4v) is 4.83. The van der Waals surface area contributed by atoms with Crippen LogP contribution in [0, 0.1) is 0 Å². The molecule has 0 bridgehead atoms. The number of aliphatic imine (C=N–C) groups is 1. The van der Waals surface area contributed by atoms with Crippen molar-refractivity contribution in [2.75, 3.05) is 20.2 Å². The Bertz CT molecular complexity index is 1080. The first-order chi connectivity index (χ1) is 16.5. The number of ether oxygens (including phenoxy) is 1. The molecule has 2 aromatic carbocycles. The van der Waals surface area contributed by atoms with Crippen LogP contribution in [0.3, 0.4) is 0 Å². The summed E-state index contributed by atoms with van der Waals surface area (Å²) in [4.78, 5) is 22.4. The van der Waals surface area contributed by atoms with Gasteiger partial charge >= 0.3 is 6.18 Å². The van der Waals surface area contributed by atoms with Gasteiger partial charge in [0, 0.05) is 25.2 Å². The molecule has 5 nitrogen and oxygen atoms in total. The van der Waals surface area contributed by atoms with Crippen molar-refractivity contribution in [2.24, 2.45) is 4.99 Å². The number of rotatable bonds is 8. The van der Waals surface area contributed by atoms with Crippen LogP contribution in [0.5, 0.6) is 5.75 Å². The first-order valence-electron chi connectivity index (χ1n) is 11.4. The Kier molecular flexibility index (Phi) is 10.5.